The first-order valence-corrected chi connectivity index (χ1v) is 11.3. The summed E-state index contributed by atoms with van der Waals surface area (Å²) in [5.41, 5.74) is 0.741. The second-order valence-corrected chi connectivity index (χ2v) is 10.3. The predicted octanol–water partition coefficient (Wildman–Crippen LogP) is 2.73. The zero-order chi connectivity index (χ0) is 22.8. The van der Waals surface area contributed by atoms with Crippen LogP contribution in [0.2, 0.25) is 0 Å². The van der Waals surface area contributed by atoms with Crippen molar-refractivity contribution >= 4 is 21.8 Å². The van der Waals surface area contributed by atoms with Gasteiger partial charge in [-0.05, 0) is 38.1 Å². The lowest BCUT2D eigenvalue weighted by atomic mass is 9.89. The standard InChI is InChI=1S/C22H29N3O5S/c1-22(2)14-19(18-12-11-17(29-5)13-20(18)30-22)23-21(26)15-25(31(27,28)24(3)4)16-9-7-6-8-10-16/h6-13,19H,14-15H2,1-5H3,(H,23,26). The summed E-state index contributed by atoms with van der Waals surface area (Å²) in [6.07, 6.45) is 0.545. The summed E-state index contributed by atoms with van der Waals surface area (Å²) in [5, 5.41) is 3.00. The van der Waals surface area contributed by atoms with Crippen LogP contribution in [0.1, 0.15) is 31.9 Å². The van der Waals surface area contributed by atoms with E-state index in [-0.39, 0.29) is 12.6 Å². The van der Waals surface area contributed by atoms with Gasteiger partial charge < -0.3 is 14.8 Å². The van der Waals surface area contributed by atoms with E-state index in [0.717, 1.165) is 14.2 Å². The van der Waals surface area contributed by atoms with E-state index in [0.29, 0.717) is 23.6 Å². The van der Waals surface area contributed by atoms with Crippen LogP contribution in [0.4, 0.5) is 5.69 Å². The summed E-state index contributed by atoms with van der Waals surface area (Å²) >= 11 is 0. The average Bonchev–Trinajstić information content (AvgIpc) is 2.71. The fraction of sp³-hybridized carbons (Fsp3) is 0.409. The molecule has 9 heteroatoms. The molecule has 2 aromatic carbocycles. The molecular weight excluding hydrogens is 418 g/mol. The molecular formula is C22H29N3O5S. The Morgan fingerprint density at radius 3 is 2.48 bits per heavy atom. The maximum Gasteiger partial charge on any atom is 0.304 e. The number of rotatable bonds is 7. The first-order chi connectivity index (χ1) is 14.5. The fourth-order valence-corrected chi connectivity index (χ4v) is 4.62. The van der Waals surface area contributed by atoms with E-state index < -0.39 is 21.7 Å². The highest BCUT2D eigenvalue weighted by Crippen LogP contribution is 2.41. The minimum absolute atomic E-state index is 0.322. The number of methoxy groups -OCH3 is 1. The van der Waals surface area contributed by atoms with Crippen molar-refractivity contribution in [3.8, 4) is 11.5 Å². The highest BCUT2D eigenvalue weighted by Gasteiger charge is 2.36. The number of nitrogens with zero attached hydrogens (tertiary/aromatic N) is 2. The highest BCUT2D eigenvalue weighted by atomic mass is 32.2. The molecule has 1 heterocycles. The summed E-state index contributed by atoms with van der Waals surface area (Å²) in [6.45, 7) is 3.55. The van der Waals surface area contributed by atoms with Gasteiger partial charge in [-0.15, -0.1) is 0 Å². The summed E-state index contributed by atoms with van der Waals surface area (Å²) in [7, 11) is 0.603. The largest absolute Gasteiger partial charge is 0.497 e. The molecule has 0 saturated carbocycles. The van der Waals surface area contributed by atoms with Gasteiger partial charge in [-0.1, -0.05) is 18.2 Å². The topological polar surface area (TPSA) is 88.2 Å². The van der Waals surface area contributed by atoms with E-state index in [1.807, 2.05) is 26.0 Å². The number of carbonyl (C=O) groups excluding carboxylic acids is 1. The smallest absolute Gasteiger partial charge is 0.304 e. The monoisotopic (exact) mass is 447 g/mol. The van der Waals surface area contributed by atoms with Crippen molar-refractivity contribution in [3.63, 3.8) is 0 Å². The lowest BCUT2D eigenvalue weighted by Crippen LogP contribution is -2.48. The van der Waals surface area contributed by atoms with Crippen molar-refractivity contribution in [1.82, 2.24) is 9.62 Å². The Labute approximate surface area is 183 Å². The van der Waals surface area contributed by atoms with Crippen LogP contribution in [0.3, 0.4) is 0 Å². The van der Waals surface area contributed by atoms with Gasteiger partial charge >= 0.3 is 10.2 Å². The number of nitrogens with one attached hydrogen (secondary N) is 1. The number of hydrogen-bond acceptors (Lipinski definition) is 5. The van der Waals surface area contributed by atoms with Gasteiger partial charge in [0, 0.05) is 32.1 Å². The van der Waals surface area contributed by atoms with Gasteiger partial charge in [0.1, 0.15) is 23.6 Å². The van der Waals surface area contributed by atoms with E-state index in [1.54, 1.807) is 43.5 Å². The summed E-state index contributed by atoms with van der Waals surface area (Å²) in [6, 6.07) is 13.7. The van der Waals surface area contributed by atoms with Gasteiger partial charge in [-0.3, -0.25) is 4.79 Å². The molecule has 0 bridgehead atoms. The fourth-order valence-electron chi connectivity index (χ4n) is 3.56. The first-order valence-electron chi connectivity index (χ1n) is 9.95. The van der Waals surface area contributed by atoms with Crippen LogP contribution < -0.4 is 19.1 Å². The van der Waals surface area contributed by atoms with E-state index in [4.69, 9.17) is 9.47 Å². The van der Waals surface area contributed by atoms with E-state index in [2.05, 4.69) is 5.32 Å². The van der Waals surface area contributed by atoms with Gasteiger partial charge in [0.2, 0.25) is 5.91 Å². The molecule has 31 heavy (non-hydrogen) atoms. The van der Waals surface area contributed by atoms with Crippen LogP contribution in [0, 0.1) is 0 Å². The highest BCUT2D eigenvalue weighted by molar-refractivity contribution is 7.90. The number of ether oxygens (including phenoxy) is 2. The number of benzene rings is 2. The lowest BCUT2D eigenvalue weighted by Gasteiger charge is -2.38. The summed E-state index contributed by atoms with van der Waals surface area (Å²) in [5.74, 6) is 0.898. The Morgan fingerprint density at radius 1 is 1.19 bits per heavy atom. The summed E-state index contributed by atoms with van der Waals surface area (Å²) in [4.78, 5) is 13.0. The van der Waals surface area contributed by atoms with Gasteiger partial charge in [-0.2, -0.15) is 12.7 Å². The zero-order valence-corrected chi connectivity index (χ0v) is 19.3. The molecule has 1 aliphatic heterocycles. The molecule has 2 aromatic rings. The molecule has 0 aliphatic carbocycles. The minimum Gasteiger partial charge on any atom is -0.497 e. The molecule has 1 aliphatic rings. The Hall–Kier alpha value is -2.78. The number of carbonyl (C=O) groups is 1. The molecule has 1 unspecified atom stereocenters. The van der Waals surface area contributed by atoms with Crippen LogP contribution in [0.25, 0.3) is 0 Å². The third-order valence-corrected chi connectivity index (χ3v) is 6.90. The van der Waals surface area contributed by atoms with E-state index in [9.17, 15) is 13.2 Å². The normalized spacial score (nSPS) is 17.4. The van der Waals surface area contributed by atoms with Crippen molar-refractivity contribution < 1.29 is 22.7 Å². The van der Waals surface area contributed by atoms with Crippen LogP contribution in [0.15, 0.2) is 48.5 Å². The van der Waals surface area contributed by atoms with E-state index >= 15 is 0 Å². The van der Waals surface area contributed by atoms with Gasteiger partial charge in [0.15, 0.2) is 0 Å². The second kappa shape index (κ2) is 8.76. The SMILES string of the molecule is COc1ccc2c(c1)OC(C)(C)CC2NC(=O)CN(c1ccccc1)S(=O)(=O)N(C)C. The van der Waals surface area contributed by atoms with Gasteiger partial charge in [-0.25, -0.2) is 4.31 Å². The van der Waals surface area contributed by atoms with Crippen LogP contribution in [0.5, 0.6) is 11.5 Å². The van der Waals surface area contributed by atoms with Crippen molar-refractivity contribution in [2.45, 2.75) is 31.9 Å². The molecule has 0 saturated heterocycles. The molecule has 1 N–H and O–H groups in total. The molecule has 168 valence electrons. The zero-order valence-electron chi connectivity index (χ0n) is 18.5. The minimum atomic E-state index is -3.86. The second-order valence-electron chi connectivity index (χ2n) is 8.22. The Morgan fingerprint density at radius 2 is 1.87 bits per heavy atom. The quantitative estimate of drug-likeness (QED) is 0.705. The number of fused-ring (bicyclic) bond motifs is 1. The maximum atomic E-state index is 13.0. The molecule has 0 aromatic heterocycles. The van der Waals surface area contributed by atoms with Gasteiger partial charge in [0.05, 0.1) is 18.8 Å². The lowest BCUT2D eigenvalue weighted by molar-refractivity contribution is -0.120. The van der Waals surface area contributed by atoms with Gasteiger partial charge in [0.25, 0.3) is 0 Å². The molecule has 0 radical (unpaired) electrons. The maximum absolute atomic E-state index is 13.0. The number of amides is 1. The Balaban J connectivity index is 1.86. The molecule has 8 nitrogen and oxygen atoms in total. The molecule has 1 amide bonds. The molecule has 1 atom stereocenters. The Kier molecular flexibility index (Phi) is 6.47. The Bertz CT molecular complexity index is 1040. The summed E-state index contributed by atoms with van der Waals surface area (Å²) < 4.78 is 39.3. The molecule has 0 spiro atoms. The third-order valence-electron chi connectivity index (χ3n) is 5.08. The third kappa shape index (κ3) is 5.11. The van der Waals surface area contributed by atoms with Crippen molar-refractivity contribution in [3.05, 3.63) is 54.1 Å². The van der Waals surface area contributed by atoms with Crippen molar-refractivity contribution in [2.24, 2.45) is 0 Å². The average molecular weight is 448 g/mol. The van der Waals surface area contributed by atoms with Crippen LogP contribution >= 0.6 is 0 Å². The number of anilines is 1. The van der Waals surface area contributed by atoms with Crippen LogP contribution in [-0.2, 0) is 15.0 Å². The molecule has 3 rings (SSSR count). The van der Waals surface area contributed by atoms with Crippen molar-refractivity contribution in [2.75, 3.05) is 32.1 Å². The van der Waals surface area contributed by atoms with E-state index in [1.165, 1.54) is 14.1 Å². The van der Waals surface area contributed by atoms with Crippen molar-refractivity contribution in [1.29, 1.82) is 0 Å². The number of para-hydroxylation sites is 1. The van der Waals surface area contributed by atoms with Crippen LogP contribution in [-0.4, -0.2) is 52.0 Å². The number of hydrogen-bond donors (Lipinski definition) is 1. The first kappa shape index (κ1) is 22.9. The predicted molar refractivity (Wildman–Crippen MR) is 120 cm³/mol. The molecule has 0 fully saturated rings.